The van der Waals surface area contributed by atoms with Crippen LogP contribution in [0.15, 0.2) is 41.0 Å². The summed E-state index contributed by atoms with van der Waals surface area (Å²) in [7, 11) is 1.74. The van der Waals surface area contributed by atoms with Crippen LogP contribution in [-0.4, -0.2) is 28.7 Å². The van der Waals surface area contributed by atoms with Gasteiger partial charge in [0.2, 0.25) is 11.8 Å². The van der Waals surface area contributed by atoms with E-state index in [-0.39, 0.29) is 11.8 Å². The molecule has 7 nitrogen and oxygen atoms in total. The number of anilines is 1. The fourth-order valence-electron chi connectivity index (χ4n) is 3.55. The summed E-state index contributed by atoms with van der Waals surface area (Å²) in [6, 6.07) is 7.85. The number of nitrogens with zero attached hydrogens (tertiary/aromatic N) is 2. The first kappa shape index (κ1) is 19.8. The van der Waals surface area contributed by atoms with Crippen LogP contribution in [0.3, 0.4) is 0 Å². The number of fused-ring (bicyclic) bond motifs is 2. The van der Waals surface area contributed by atoms with Crippen molar-refractivity contribution in [1.29, 1.82) is 0 Å². The van der Waals surface area contributed by atoms with Gasteiger partial charge in [-0.2, -0.15) is 0 Å². The number of aryl methyl sites for hydroxylation is 2. The monoisotopic (exact) mass is 404 g/mol. The van der Waals surface area contributed by atoms with Crippen molar-refractivity contribution in [3.8, 4) is 0 Å². The lowest BCUT2D eigenvalue weighted by Gasteiger charge is -2.16. The van der Waals surface area contributed by atoms with E-state index in [0.717, 1.165) is 39.0 Å². The molecule has 0 saturated heterocycles. The van der Waals surface area contributed by atoms with Gasteiger partial charge < -0.3 is 20.4 Å². The van der Waals surface area contributed by atoms with Crippen molar-refractivity contribution in [3.63, 3.8) is 0 Å². The van der Waals surface area contributed by atoms with Gasteiger partial charge in [-0.05, 0) is 54.3 Å². The molecule has 0 radical (unpaired) electrons. The number of aromatic nitrogens is 1. The zero-order valence-corrected chi connectivity index (χ0v) is 17.1. The van der Waals surface area contributed by atoms with Gasteiger partial charge in [-0.15, -0.1) is 0 Å². The molecule has 2 amide bonds. The highest BCUT2D eigenvalue weighted by molar-refractivity contribution is 5.94. The largest absolute Gasteiger partial charge is 0.459 e. The minimum atomic E-state index is -0.136. The van der Waals surface area contributed by atoms with E-state index >= 15 is 0 Å². The summed E-state index contributed by atoms with van der Waals surface area (Å²) in [6.45, 7) is 2.84. The van der Waals surface area contributed by atoms with Gasteiger partial charge >= 0.3 is 0 Å². The molecule has 0 bridgehead atoms. The van der Waals surface area contributed by atoms with Crippen LogP contribution in [0.25, 0.3) is 17.0 Å². The predicted molar refractivity (Wildman–Crippen MR) is 116 cm³/mol. The van der Waals surface area contributed by atoms with Crippen LogP contribution in [0, 0.1) is 6.92 Å². The third-order valence-corrected chi connectivity index (χ3v) is 5.38. The number of rotatable bonds is 5. The minimum absolute atomic E-state index is 0.0183. The molecule has 0 atom stereocenters. The van der Waals surface area contributed by atoms with Crippen LogP contribution >= 0.6 is 0 Å². The zero-order valence-electron chi connectivity index (χ0n) is 17.1. The summed E-state index contributed by atoms with van der Waals surface area (Å²) >= 11 is 0. The normalized spacial score (nSPS) is 13.5. The van der Waals surface area contributed by atoms with Crippen LogP contribution < -0.4 is 11.1 Å². The lowest BCUT2D eigenvalue weighted by Crippen LogP contribution is -2.24. The van der Waals surface area contributed by atoms with Crippen molar-refractivity contribution >= 4 is 34.7 Å². The van der Waals surface area contributed by atoms with E-state index in [1.807, 2.05) is 31.2 Å². The molecule has 1 aromatic carbocycles. The van der Waals surface area contributed by atoms with Gasteiger partial charge in [0.1, 0.15) is 17.2 Å². The molecular formula is C23H24N4O3. The average molecular weight is 404 g/mol. The van der Waals surface area contributed by atoms with E-state index in [0.29, 0.717) is 31.7 Å². The van der Waals surface area contributed by atoms with E-state index < -0.39 is 0 Å². The molecular weight excluding hydrogens is 380 g/mol. The van der Waals surface area contributed by atoms with Crippen molar-refractivity contribution < 1.29 is 14.0 Å². The number of furan rings is 1. The van der Waals surface area contributed by atoms with Crippen molar-refractivity contribution in [3.05, 3.63) is 64.6 Å². The quantitative estimate of drug-likeness (QED) is 0.636. The molecule has 30 heavy (non-hydrogen) atoms. The second-order valence-electron chi connectivity index (χ2n) is 7.54. The molecule has 154 valence electrons. The Bertz CT molecular complexity index is 1160. The van der Waals surface area contributed by atoms with E-state index in [1.165, 1.54) is 6.08 Å². The number of hydrogen-bond donors (Lipinski definition) is 2. The maximum atomic E-state index is 12.6. The van der Waals surface area contributed by atoms with Crippen molar-refractivity contribution in [2.24, 2.45) is 5.73 Å². The third kappa shape index (κ3) is 3.97. The Hall–Kier alpha value is -3.45. The number of nitrogens with two attached hydrogens (primary N) is 1. The van der Waals surface area contributed by atoms with Gasteiger partial charge in [0.15, 0.2) is 0 Å². The van der Waals surface area contributed by atoms with Gasteiger partial charge in [0.25, 0.3) is 0 Å². The molecule has 0 saturated carbocycles. The topological polar surface area (TPSA) is 101 Å². The molecule has 0 aliphatic carbocycles. The van der Waals surface area contributed by atoms with Crippen LogP contribution in [0.5, 0.6) is 0 Å². The van der Waals surface area contributed by atoms with Crippen molar-refractivity contribution in [2.45, 2.75) is 32.9 Å². The van der Waals surface area contributed by atoms with Crippen molar-refractivity contribution in [2.75, 3.05) is 12.4 Å². The number of pyridine rings is 1. The first-order valence-electron chi connectivity index (χ1n) is 9.87. The molecule has 3 N–H and O–H groups in total. The zero-order chi connectivity index (χ0) is 21.3. The molecule has 7 heteroatoms. The smallest absolute Gasteiger partial charge is 0.246 e. The second kappa shape index (κ2) is 8.12. The molecule has 0 unspecified atom stereocenters. The Kier molecular flexibility index (Phi) is 5.37. The average Bonchev–Trinajstić information content (AvgIpc) is 3.06. The Morgan fingerprint density at radius 1 is 1.33 bits per heavy atom. The van der Waals surface area contributed by atoms with Crippen LogP contribution in [0.4, 0.5) is 5.82 Å². The Balaban J connectivity index is 1.46. The predicted octanol–water partition coefficient (Wildman–Crippen LogP) is 3.15. The number of benzene rings is 1. The van der Waals surface area contributed by atoms with Gasteiger partial charge in [0.05, 0.1) is 6.54 Å². The first-order valence-corrected chi connectivity index (χ1v) is 9.87. The van der Waals surface area contributed by atoms with E-state index in [9.17, 15) is 9.59 Å². The van der Waals surface area contributed by atoms with E-state index in [1.54, 1.807) is 24.2 Å². The summed E-state index contributed by atoms with van der Waals surface area (Å²) in [5.74, 6) is 1.21. The van der Waals surface area contributed by atoms with Crippen molar-refractivity contribution in [1.82, 2.24) is 9.88 Å². The minimum Gasteiger partial charge on any atom is -0.459 e. The first-order chi connectivity index (χ1) is 14.4. The van der Waals surface area contributed by atoms with E-state index in [4.69, 9.17) is 10.2 Å². The maximum Gasteiger partial charge on any atom is 0.246 e. The summed E-state index contributed by atoms with van der Waals surface area (Å²) in [4.78, 5) is 29.9. The number of likely N-dealkylation sites (N-methyl/N-ethyl adjacent to an activating group) is 1. The third-order valence-electron chi connectivity index (χ3n) is 5.38. The Labute approximate surface area is 174 Å². The molecule has 2 aromatic heterocycles. The molecule has 0 spiro atoms. The lowest BCUT2D eigenvalue weighted by molar-refractivity contribution is -0.125. The fraction of sp³-hybridized carbons (Fsp3) is 0.261. The van der Waals surface area contributed by atoms with E-state index in [2.05, 4.69) is 10.3 Å². The molecule has 0 fully saturated rings. The number of carbonyl (C=O) groups excluding carboxylic acids is 2. The standard InChI is InChI=1S/C23H24N4O3/c1-14-18-10-15(11-24)3-6-19(18)30-20(14)13-27(2)22(29)8-4-16-9-17-5-7-21(28)26-23(17)25-12-16/h3-4,6,8-10,12H,5,7,11,13,24H2,1-2H3,(H,25,26,28)/b8-4+. The van der Waals surface area contributed by atoms with Crippen LogP contribution in [0.1, 0.15) is 34.4 Å². The van der Waals surface area contributed by atoms with Crippen LogP contribution in [0.2, 0.25) is 0 Å². The second-order valence-corrected chi connectivity index (χ2v) is 7.54. The number of amides is 2. The Morgan fingerprint density at radius 2 is 2.17 bits per heavy atom. The number of nitrogens with one attached hydrogen (secondary N) is 1. The maximum absolute atomic E-state index is 12.6. The van der Waals surface area contributed by atoms with Gasteiger partial charge in [-0.25, -0.2) is 4.98 Å². The van der Waals surface area contributed by atoms with Gasteiger partial charge in [-0.1, -0.05) is 6.07 Å². The van der Waals surface area contributed by atoms with Gasteiger partial charge in [0, 0.05) is 43.2 Å². The molecule has 4 rings (SSSR count). The summed E-state index contributed by atoms with van der Waals surface area (Å²) in [5.41, 5.74) is 10.4. The van der Waals surface area contributed by atoms with Crippen LogP contribution in [-0.2, 0) is 29.1 Å². The molecule has 1 aliphatic rings. The SMILES string of the molecule is Cc1c(CN(C)C(=O)/C=C/c2cnc3c(c2)CCC(=O)N3)oc2ccc(CN)cc12. The highest BCUT2D eigenvalue weighted by Crippen LogP contribution is 2.27. The lowest BCUT2D eigenvalue weighted by atomic mass is 10.0. The Morgan fingerprint density at radius 3 is 2.97 bits per heavy atom. The summed E-state index contributed by atoms with van der Waals surface area (Å²) in [5, 5.41) is 3.78. The molecule has 1 aliphatic heterocycles. The van der Waals surface area contributed by atoms with Gasteiger partial charge in [-0.3, -0.25) is 9.59 Å². The molecule has 3 heterocycles. The fourth-order valence-corrected chi connectivity index (χ4v) is 3.55. The summed E-state index contributed by atoms with van der Waals surface area (Å²) < 4.78 is 5.95. The molecule has 3 aromatic rings. The highest BCUT2D eigenvalue weighted by atomic mass is 16.3. The number of hydrogen-bond acceptors (Lipinski definition) is 5. The number of carbonyl (C=O) groups is 2. The summed E-state index contributed by atoms with van der Waals surface area (Å²) in [6.07, 6.45) is 6.01. The highest BCUT2D eigenvalue weighted by Gasteiger charge is 2.17.